The summed E-state index contributed by atoms with van der Waals surface area (Å²) in [6.07, 6.45) is 10.3. The van der Waals surface area contributed by atoms with Crippen molar-refractivity contribution in [1.29, 1.82) is 0 Å². The van der Waals surface area contributed by atoms with Crippen molar-refractivity contribution in [3.63, 3.8) is 0 Å². The van der Waals surface area contributed by atoms with Crippen LogP contribution in [0.15, 0.2) is 53.3 Å². The van der Waals surface area contributed by atoms with Crippen LogP contribution in [0, 0.1) is 51.8 Å². The number of benzene rings is 1. The molecule has 9 atom stereocenters. The van der Waals surface area contributed by atoms with Crippen molar-refractivity contribution in [3.8, 4) is 5.75 Å². The van der Waals surface area contributed by atoms with Gasteiger partial charge in [-0.05, 0) is 97.7 Å². The van der Waals surface area contributed by atoms with E-state index in [0.717, 1.165) is 36.3 Å². The largest absolute Gasteiger partial charge is 0.544 e. The SMILES string of the molecule is CC1=C[C@]2(C)[C@@H]3C(C)=C[C@]4(C)C[C@H](C)CC[C@H]4[C@@H]3C(=O)[C@@]23C(=O)N/C(=C\c2ccc(O[Si](C)(C)C(C)(C)C)cc2)[C@H]3[C@@H]1C. The number of Topliss-reactive ketones (excluding diaryl/α,β-unsaturated/α-hetero) is 1. The van der Waals surface area contributed by atoms with Gasteiger partial charge in [0, 0.05) is 22.9 Å². The molecule has 43 heavy (non-hydrogen) atoms. The van der Waals surface area contributed by atoms with Gasteiger partial charge in [0.15, 0.2) is 5.78 Å². The van der Waals surface area contributed by atoms with Crippen molar-refractivity contribution in [3.05, 3.63) is 58.8 Å². The first-order chi connectivity index (χ1) is 19.9. The van der Waals surface area contributed by atoms with Crippen LogP contribution in [-0.2, 0) is 9.59 Å². The Balaban J connectivity index is 1.42. The van der Waals surface area contributed by atoms with E-state index in [2.05, 4.69) is 111 Å². The molecule has 1 N–H and O–H groups in total. The number of amides is 1. The van der Waals surface area contributed by atoms with Gasteiger partial charge in [-0.1, -0.05) is 90.3 Å². The number of rotatable bonds is 3. The molecule has 1 saturated heterocycles. The zero-order valence-electron chi connectivity index (χ0n) is 28.4. The minimum absolute atomic E-state index is 0.0148. The standard InChI is InChI=1S/C38H53NO3Si/c1-22-12-17-28-30-31(24(3)20-36(28,8)19-22)37(9)21-23(2)25(4)32-29(39-34(41)38(32,37)33(30)40)18-26-13-15-27(16-14-26)42-43(10,11)35(5,6)7/h13-16,18,20-22,25,28,30-32H,12,17,19H2,1-11H3,(H,39,41)/b29-18-/t22-,25-,28+,30+,31-,32-,36+,37-,38+/m1/s1. The van der Waals surface area contributed by atoms with Crippen LogP contribution >= 0.6 is 0 Å². The number of fused-ring (bicyclic) bond motifs is 4. The number of carbonyl (C=O) groups excluding carboxylic acids is 2. The lowest BCUT2D eigenvalue weighted by molar-refractivity contribution is -0.147. The van der Waals surface area contributed by atoms with Gasteiger partial charge in [0.05, 0.1) is 0 Å². The average Bonchev–Trinajstić information content (AvgIpc) is 3.28. The summed E-state index contributed by atoms with van der Waals surface area (Å²) in [5.74, 6) is 1.81. The number of allylic oxidation sites excluding steroid dienone is 5. The predicted octanol–water partition coefficient (Wildman–Crippen LogP) is 8.96. The molecule has 5 aliphatic rings. The Morgan fingerprint density at radius 1 is 0.953 bits per heavy atom. The normalized spacial score (nSPS) is 41.5. The number of nitrogens with one attached hydrogen (secondary N) is 1. The van der Waals surface area contributed by atoms with Gasteiger partial charge >= 0.3 is 0 Å². The average molecular weight is 600 g/mol. The van der Waals surface area contributed by atoms with Crippen molar-refractivity contribution in [2.75, 3.05) is 0 Å². The molecular formula is C38H53NO3Si. The van der Waals surface area contributed by atoms with E-state index >= 15 is 4.79 Å². The monoisotopic (exact) mass is 599 g/mol. The highest BCUT2D eigenvalue weighted by atomic mass is 28.4. The maximum absolute atomic E-state index is 15.2. The quantitative estimate of drug-likeness (QED) is 0.214. The van der Waals surface area contributed by atoms with Gasteiger partial charge in [0.2, 0.25) is 14.2 Å². The summed E-state index contributed by atoms with van der Waals surface area (Å²) in [5, 5.41) is 3.45. The van der Waals surface area contributed by atoms with E-state index in [9.17, 15) is 4.79 Å². The Morgan fingerprint density at radius 3 is 2.23 bits per heavy atom. The number of carbonyl (C=O) groups is 2. The van der Waals surface area contributed by atoms with E-state index in [1.165, 1.54) is 11.1 Å². The fourth-order valence-electron chi connectivity index (χ4n) is 10.3. The van der Waals surface area contributed by atoms with Gasteiger partial charge in [0.1, 0.15) is 11.2 Å². The molecule has 0 aromatic heterocycles. The second kappa shape index (κ2) is 9.55. The summed E-state index contributed by atoms with van der Waals surface area (Å²) in [6.45, 7) is 24.9. The lowest BCUT2D eigenvalue weighted by Gasteiger charge is -2.52. The summed E-state index contributed by atoms with van der Waals surface area (Å²) in [5.41, 5.74) is 2.89. The van der Waals surface area contributed by atoms with Crippen LogP contribution in [0.1, 0.15) is 87.1 Å². The van der Waals surface area contributed by atoms with Crippen LogP contribution in [0.4, 0.5) is 0 Å². The second-order valence-corrected chi connectivity index (χ2v) is 21.7. The summed E-state index contributed by atoms with van der Waals surface area (Å²) in [4.78, 5) is 29.7. The molecule has 1 heterocycles. The molecule has 1 aliphatic heterocycles. The van der Waals surface area contributed by atoms with E-state index < -0.39 is 19.1 Å². The first-order valence-electron chi connectivity index (χ1n) is 16.6. The van der Waals surface area contributed by atoms with Gasteiger partial charge in [-0.15, -0.1) is 0 Å². The van der Waals surface area contributed by atoms with E-state index in [-0.39, 0.29) is 45.8 Å². The topological polar surface area (TPSA) is 55.4 Å². The first kappa shape index (κ1) is 30.6. The molecule has 0 unspecified atom stereocenters. The third kappa shape index (κ3) is 4.12. The van der Waals surface area contributed by atoms with Crippen molar-refractivity contribution in [2.24, 2.45) is 51.8 Å². The van der Waals surface area contributed by atoms with Gasteiger partial charge in [-0.3, -0.25) is 9.59 Å². The van der Waals surface area contributed by atoms with Crippen molar-refractivity contribution >= 4 is 26.1 Å². The molecule has 3 fully saturated rings. The molecule has 5 heteroatoms. The molecule has 1 amide bonds. The third-order valence-corrected chi connectivity index (χ3v) is 17.5. The highest BCUT2D eigenvalue weighted by Crippen LogP contribution is 2.74. The molecule has 6 rings (SSSR count). The zero-order valence-corrected chi connectivity index (χ0v) is 29.4. The molecule has 4 aliphatic carbocycles. The Morgan fingerprint density at radius 2 is 1.60 bits per heavy atom. The van der Waals surface area contributed by atoms with Crippen LogP contribution in [0.2, 0.25) is 18.1 Å². The van der Waals surface area contributed by atoms with Crippen LogP contribution in [0.25, 0.3) is 6.08 Å². The van der Waals surface area contributed by atoms with E-state index in [0.29, 0.717) is 11.8 Å². The fourth-order valence-corrected chi connectivity index (χ4v) is 11.3. The Hall–Kier alpha value is -2.40. The summed E-state index contributed by atoms with van der Waals surface area (Å²) < 4.78 is 6.52. The highest BCUT2D eigenvalue weighted by Gasteiger charge is 2.79. The van der Waals surface area contributed by atoms with Crippen LogP contribution in [0.5, 0.6) is 5.75 Å². The zero-order chi connectivity index (χ0) is 31.5. The molecular weight excluding hydrogens is 547 g/mol. The van der Waals surface area contributed by atoms with Crippen molar-refractivity contribution in [2.45, 2.75) is 99.7 Å². The summed E-state index contributed by atoms with van der Waals surface area (Å²) in [6, 6.07) is 8.26. The van der Waals surface area contributed by atoms with Gasteiger partial charge in [-0.2, -0.15) is 0 Å². The maximum atomic E-state index is 15.2. The van der Waals surface area contributed by atoms with Gasteiger partial charge in [0.25, 0.3) is 0 Å². The maximum Gasteiger partial charge on any atom is 0.250 e. The van der Waals surface area contributed by atoms with Gasteiger partial charge in [-0.25, -0.2) is 0 Å². The van der Waals surface area contributed by atoms with Crippen LogP contribution in [0.3, 0.4) is 0 Å². The van der Waals surface area contributed by atoms with Gasteiger partial charge < -0.3 is 9.74 Å². The minimum atomic E-state index is -1.94. The molecule has 1 aromatic carbocycles. The van der Waals surface area contributed by atoms with E-state index in [1.54, 1.807) is 0 Å². The highest BCUT2D eigenvalue weighted by molar-refractivity contribution is 6.74. The molecule has 2 saturated carbocycles. The third-order valence-electron chi connectivity index (χ3n) is 13.2. The summed E-state index contributed by atoms with van der Waals surface area (Å²) >= 11 is 0. The number of hydrogen-bond acceptors (Lipinski definition) is 3. The van der Waals surface area contributed by atoms with E-state index in [1.807, 2.05) is 12.1 Å². The molecule has 1 aromatic rings. The van der Waals surface area contributed by atoms with Crippen LogP contribution < -0.4 is 9.74 Å². The molecule has 232 valence electrons. The molecule has 0 radical (unpaired) electrons. The second-order valence-electron chi connectivity index (χ2n) is 17.0. The van der Waals surface area contributed by atoms with Crippen molar-refractivity contribution < 1.29 is 14.0 Å². The molecule has 0 bridgehead atoms. The lowest BCUT2D eigenvalue weighted by atomic mass is 9.49. The smallest absolute Gasteiger partial charge is 0.250 e. The lowest BCUT2D eigenvalue weighted by Crippen LogP contribution is -2.54. The predicted molar refractivity (Wildman–Crippen MR) is 178 cm³/mol. The number of hydrogen-bond donors (Lipinski definition) is 1. The van der Waals surface area contributed by atoms with Crippen molar-refractivity contribution in [1.82, 2.24) is 5.32 Å². The molecule has 4 nitrogen and oxygen atoms in total. The first-order valence-corrected chi connectivity index (χ1v) is 19.5. The van der Waals surface area contributed by atoms with E-state index in [4.69, 9.17) is 4.43 Å². The number of ketones is 1. The summed E-state index contributed by atoms with van der Waals surface area (Å²) in [7, 11) is -1.94. The molecule has 1 spiro atoms. The Labute approximate surface area is 261 Å². The Bertz CT molecular complexity index is 1460. The minimum Gasteiger partial charge on any atom is -0.544 e. The van der Waals surface area contributed by atoms with Crippen LogP contribution in [-0.4, -0.2) is 20.0 Å². The Kier molecular flexibility index (Phi) is 6.80. The fraction of sp³-hybridized carbons (Fsp3) is 0.632.